The summed E-state index contributed by atoms with van der Waals surface area (Å²) in [6.07, 6.45) is 0. The number of aliphatic carboxylic acids is 2. The molecule has 0 aliphatic carbocycles. The van der Waals surface area contributed by atoms with Gasteiger partial charge in [0.05, 0.1) is 0 Å². The largest absolute Gasteiger partial charge is 0.473 e. The maximum Gasteiger partial charge on any atom is 0.414 e. The van der Waals surface area contributed by atoms with Crippen molar-refractivity contribution < 1.29 is 19.8 Å². The first-order valence-corrected chi connectivity index (χ1v) is 1.31. The summed E-state index contributed by atoms with van der Waals surface area (Å²) in [4.78, 5) is 25.7. The van der Waals surface area contributed by atoms with Crippen LogP contribution in [0, 0.1) is 10.5 Å². The fraction of sp³-hybridized carbons (Fsp3) is 0. The lowest BCUT2D eigenvalue weighted by atomic mass is 10.7. The van der Waals surface area contributed by atoms with Gasteiger partial charge in [0.25, 0.3) is 0 Å². The van der Waals surface area contributed by atoms with Crippen LogP contribution in [0.4, 0.5) is 0 Å². The number of carboxylic acid groups (broad SMARTS) is 2. The van der Waals surface area contributed by atoms with Crippen molar-refractivity contribution >= 4 is 11.9 Å². The van der Waals surface area contributed by atoms with E-state index in [1.807, 2.05) is 0 Å². The maximum absolute atomic E-state index is 9.10. The molecule has 0 aliphatic heterocycles. The molecule has 0 aliphatic rings. The molecule has 3 N–H and O–H groups in total. The summed E-state index contributed by atoms with van der Waals surface area (Å²) in [5, 5.41) is 14.8. The molecule has 0 saturated heterocycles. The molecule has 0 aromatic carbocycles. The van der Waals surface area contributed by atoms with Crippen molar-refractivity contribution in [2.24, 2.45) is 0 Å². The number of nitrogens with one attached hydrogen (secondary N) is 1. The third-order valence-corrected chi connectivity index (χ3v) is 0.183. The molecule has 6 heteroatoms. The average molecular weight is 121 g/mol. The molecule has 0 spiro atoms. The van der Waals surface area contributed by atoms with Gasteiger partial charge in [-0.15, -0.1) is 0 Å². The molecule has 0 aromatic heterocycles. The second-order valence-corrected chi connectivity index (χ2v) is 0.610. The summed E-state index contributed by atoms with van der Waals surface area (Å²) in [6, 6.07) is 0. The Morgan fingerprint density at radius 3 is 1.12 bits per heavy atom. The minimum atomic E-state index is -1.82. The standard InChI is InChI=1S/C2H2O4.HNO/c3-1(4)2(5)6;1-2/h(H,3,4)(H,5,6);1H. The highest BCUT2D eigenvalue weighted by molar-refractivity contribution is 6.27. The van der Waals surface area contributed by atoms with Crippen LogP contribution in [0.3, 0.4) is 0 Å². The Labute approximate surface area is 43.5 Å². The Morgan fingerprint density at radius 1 is 1.00 bits per heavy atom. The van der Waals surface area contributed by atoms with Crippen LogP contribution in [0.2, 0.25) is 0 Å². The molecule has 0 aromatic rings. The molecule has 0 rings (SSSR count). The molecule has 46 valence electrons. The molecule has 0 bridgehead atoms. The van der Waals surface area contributed by atoms with Crippen molar-refractivity contribution in [2.45, 2.75) is 0 Å². The van der Waals surface area contributed by atoms with E-state index in [2.05, 4.69) is 5.59 Å². The third kappa shape index (κ3) is 8.82. The summed E-state index contributed by atoms with van der Waals surface area (Å²) >= 11 is 0. The van der Waals surface area contributed by atoms with Gasteiger partial charge in [0.15, 0.2) is 0 Å². The summed E-state index contributed by atoms with van der Waals surface area (Å²) < 4.78 is 0. The van der Waals surface area contributed by atoms with Crippen LogP contribution in [-0.2, 0) is 9.59 Å². The van der Waals surface area contributed by atoms with Crippen molar-refractivity contribution in [3.8, 4) is 0 Å². The quantitative estimate of drug-likeness (QED) is 0.294. The maximum atomic E-state index is 9.10. The third-order valence-electron chi connectivity index (χ3n) is 0.183. The van der Waals surface area contributed by atoms with Crippen molar-refractivity contribution in [1.29, 1.82) is 5.59 Å². The van der Waals surface area contributed by atoms with Gasteiger partial charge in [0.2, 0.25) is 0 Å². The van der Waals surface area contributed by atoms with Crippen LogP contribution in [-0.4, -0.2) is 22.2 Å². The Bertz CT molecular complexity index is 86.6. The SMILES string of the molecule is N=O.O=C(O)C(=O)O. The zero-order valence-electron chi connectivity index (χ0n) is 3.62. The van der Waals surface area contributed by atoms with E-state index in [0.29, 0.717) is 0 Å². The van der Waals surface area contributed by atoms with Crippen LogP contribution in [0.25, 0.3) is 0 Å². The zero-order chi connectivity index (χ0) is 7.15. The Kier molecular flexibility index (Phi) is 6.74. The highest BCUT2D eigenvalue weighted by Gasteiger charge is 2.04. The van der Waals surface area contributed by atoms with E-state index in [9.17, 15) is 0 Å². The van der Waals surface area contributed by atoms with Gasteiger partial charge in [-0.2, -0.15) is 4.91 Å². The molecule has 0 fully saturated rings. The minimum absolute atomic E-state index is 1.82. The number of carboxylic acids is 2. The van der Waals surface area contributed by atoms with Crippen LogP contribution in [0.5, 0.6) is 0 Å². The number of hydrogen-bond acceptors (Lipinski definition) is 4. The van der Waals surface area contributed by atoms with Crippen molar-refractivity contribution in [3.63, 3.8) is 0 Å². The topological polar surface area (TPSA) is 116 Å². The van der Waals surface area contributed by atoms with Gasteiger partial charge in [-0.3, -0.25) is 0 Å². The second-order valence-electron chi connectivity index (χ2n) is 0.610. The fourth-order valence-corrected chi connectivity index (χ4v) is 0. The van der Waals surface area contributed by atoms with E-state index in [0.717, 1.165) is 0 Å². The summed E-state index contributed by atoms with van der Waals surface area (Å²) in [5.74, 6) is -3.65. The molecule has 8 heavy (non-hydrogen) atoms. The lowest BCUT2D eigenvalue weighted by Crippen LogP contribution is -2.09. The van der Waals surface area contributed by atoms with Crippen LogP contribution in [0.1, 0.15) is 0 Å². The smallest absolute Gasteiger partial charge is 0.414 e. The van der Waals surface area contributed by atoms with Gasteiger partial charge in [0, 0.05) is 0 Å². The van der Waals surface area contributed by atoms with Gasteiger partial charge in [0.1, 0.15) is 0 Å². The molecule has 0 radical (unpaired) electrons. The number of carbonyl (C=O) groups is 2. The Hall–Kier alpha value is -1.46. The average Bonchev–Trinajstić information content (AvgIpc) is 1.72. The predicted octanol–water partition coefficient (Wildman–Crippen LogP) is -0.513. The number of rotatable bonds is 0. The van der Waals surface area contributed by atoms with Gasteiger partial charge >= 0.3 is 11.9 Å². The molecule has 0 saturated carbocycles. The van der Waals surface area contributed by atoms with E-state index in [-0.39, 0.29) is 0 Å². The van der Waals surface area contributed by atoms with E-state index in [4.69, 9.17) is 24.7 Å². The molecule has 0 heterocycles. The molecule has 6 nitrogen and oxygen atoms in total. The number of nitroso groups, excluding NO2 is 1. The molecule has 0 unspecified atom stereocenters. The van der Waals surface area contributed by atoms with E-state index < -0.39 is 11.9 Å². The second kappa shape index (κ2) is 5.54. The van der Waals surface area contributed by atoms with Crippen molar-refractivity contribution in [1.82, 2.24) is 0 Å². The minimum Gasteiger partial charge on any atom is -0.473 e. The van der Waals surface area contributed by atoms with E-state index in [1.165, 1.54) is 0 Å². The first kappa shape index (κ1) is 9.74. The summed E-state index contributed by atoms with van der Waals surface area (Å²) in [7, 11) is 0. The molecular weight excluding hydrogens is 118 g/mol. The summed E-state index contributed by atoms with van der Waals surface area (Å²) in [5.41, 5.74) is 4.50. The highest BCUT2D eigenvalue weighted by atomic mass is 16.4. The summed E-state index contributed by atoms with van der Waals surface area (Å²) in [6.45, 7) is 0. The monoisotopic (exact) mass is 121 g/mol. The van der Waals surface area contributed by atoms with Gasteiger partial charge in [-0.25, -0.2) is 9.59 Å². The van der Waals surface area contributed by atoms with Crippen LogP contribution in [0.15, 0.2) is 0 Å². The van der Waals surface area contributed by atoms with Crippen LogP contribution >= 0.6 is 0 Å². The van der Waals surface area contributed by atoms with Gasteiger partial charge in [-0.05, 0) is 0 Å². The molecule has 0 atom stereocenters. The highest BCUT2D eigenvalue weighted by Crippen LogP contribution is 1.56. The van der Waals surface area contributed by atoms with Crippen LogP contribution < -0.4 is 0 Å². The lowest BCUT2D eigenvalue weighted by Gasteiger charge is -1.72. The van der Waals surface area contributed by atoms with E-state index in [1.54, 1.807) is 0 Å². The predicted molar refractivity (Wildman–Crippen MR) is 21.4 cm³/mol. The first-order valence-electron chi connectivity index (χ1n) is 1.31. The molecular formula is C2H3NO5. The van der Waals surface area contributed by atoms with Crippen molar-refractivity contribution in [3.05, 3.63) is 4.91 Å². The van der Waals surface area contributed by atoms with Gasteiger partial charge < -0.3 is 10.2 Å². The fourth-order valence-electron chi connectivity index (χ4n) is 0. The normalized spacial score (nSPS) is 6.00. The zero-order valence-corrected chi connectivity index (χ0v) is 3.62. The van der Waals surface area contributed by atoms with Gasteiger partial charge in [-0.1, -0.05) is 5.59 Å². The number of hydrogen-bond donors (Lipinski definition) is 3. The van der Waals surface area contributed by atoms with Crippen molar-refractivity contribution in [2.75, 3.05) is 0 Å². The molecule has 0 amide bonds. The lowest BCUT2D eigenvalue weighted by molar-refractivity contribution is -0.159. The van der Waals surface area contributed by atoms with E-state index >= 15 is 0 Å². The Morgan fingerprint density at radius 2 is 1.12 bits per heavy atom. The Balaban J connectivity index is 0. The first-order chi connectivity index (χ1) is 3.64.